The van der Waals surface area contributed by atoms with E-state index in [1.165, 1.54) is 70.6 Å². The number of hydrogen-bond acceptors (Lipinski definition) is 1. The van der Waals surface area contributed by atoms with E-state index in [0.717, 1.165) is 0 Å². The van der Waals surface area contributed by atoms with Gasteiger partial charge >= 0.3 is 0 Å². The fourth-order valence-electron chi connectivity index (χ4n) is 2.15. The third-order valence-corrected chi connectivity index (χ3v) is 3.34. The standard InChI is InChI=1S/C15H32O/c1-4-6-8-10-12-14-15(16-3)13-11-9-7-5-2/h15H,4-14H2,1-3H3. The lowest BCUT2D eigenvalue weighted by atomic mass is 10.0. The van der Waals surface area contributed by atoms with E-state index >= 15 is 0 Å². The maximum atomic E-state index is 5.54. The first-order valence-electron chi connectivity index (χ1n) is 7.37. The van der Waals surface area contributed by atoms with Crippen LogP contribution in [0.2, 0.25) is 0 Å². The smallest absolute Gasteiger partial charge is 0.0571 e. The predicted molar refractivity (Wildman–Crippen MR) is 72.9 cm³/mol. The maximum absolute atomic E-state index is 5.54. The molecular formula is C15H32O. The van der Waals surface area contributed by atoms with Crippen molar-refractivity contribution in [3.8, 4) is 0 Å². The molecule has 1 atom stereocenters. The Hall–Kier alpha value is -0.0400. The van der Waals surface area contributed by atoms with Gasteiger partial charge in [0.15, 0.2) is 0 Å². The number of hydrogen-bond donors (Lipinski definition) is 0. The van der Waals surface area contributed by atoms with Gasteiger partial charge in [-0.25, -0.2) is 0 Å². The Bertz CT molecular complexity index is 123. The zero-order valence-corrected chi connectivity index (χ0v) is 11.8. The monoisotopic (exact) mass is 228 g/mol. The van der Waals surface area contributed by atoms with Crippen molar-refractivity contribution in [1.29, 1.82) is 0 Å². The first-order chi connectivity index (χ1) is 7.85. The van der Waals surface area contributed by atoms with Gasteiger partial charge in [0.05, 0.1) is 6.10 Å². The van der Waals surface area contributed by atoms with Crippen molar-refractivity contribution in [2.75, 3.05) is 7.11 Å². The van der Waals surface area contributed by atoms with Gasteiger partial charge in [-0.3, -0.25) is 0 Å². The molecule has 98 valence electrons. The fraction of sp³-hybridized carbons (Fsp3) is 1.00. The Morgan fingerprint density at radius 1 is 0.688 bits per heavy atom. The minimum absolute atomic E-state index is 0.526. The Morgan fingerprint density at radius 3 is 1.56 bits per heavy atom. The average molecular weight is 228 g/mol. The van der Waals surface area contributed by atoms with Crippen LogP contribution in [0.1, 0.15) is 84.5 Å². The summed E-state index contributed by atoms with van der Waals surface area (Å²) in [6.45, 7) is 4.53. The summed E-state index contributed by atoms with van der Waals surface area (Å²) < 4.78 is 5.54. The summed E-state index contributed by atoms with van der Waals surface area (Å²) in [4.78, 5) is 0. The summed E-state index contributed by atoms with van der Waals surface area (Å²) in [5.41, 5.74) is 0. The van der Waals surface area contributed by atoms with Gasteiger partial charge in [-0.15, -0.1) is 0 Å². The van der Waals surface area contributed by atoms with E-state index in [-0.39, 0.29) is 0 Å². The number of rotatable bonds is 12. The molecule has 0 bridgehead atoms. The molecule has 0 saturated heterocycles. The van der Waals surface area contributed by atoms with E-state index in [9.17, 15) is 0 Å². The summed E-state index contributed by atoms with van der Waals surface area (Å²) in [5, 5.41) is 0. The topological polar surface area (TPSA) is 9.23 Å². The SMILES string of the molecule is CCCCCCCC(CCCCCC)OC. The number of methoxy groups -OCH3 is 1. The van der Waals surface area contributed by atoms with Gasteiger partial charge in [0.1, 0.15) is 0 Å². The van der Waals surface area contributed by atoms with Gasteiger partial charge in [0.25, 0.3) is 0 Å². The van der Waals surface area contributed by atoms with Crippen LogP contribution in [-0.2, 0) is 4.74 Å². The summed E-state index contributed by atoms with van der Waals surface area (Å²) in [6.07, 6.45) is 15.4. The predicted octanol–water partition coefficient (Wildman–Crippen LogP) is 5.33. The summed E-state index contributed by atoms with van der Waals surface area (Å²) in [6, 6.07) is 0. The van der Waals surface area contributed by atoms with Gasteiger partial charge in [-0.1, -0.05) is 71.6 Å². The lowest BCUT2D eigenvalue weighted by Gasteiger charge is -2.14. The molecule has 0 amide bonds. The van der Waals surface area contributed by atoms with Crippen molar-refractivity contribution >= 4 is 0 Å². The minimum atomic E-state index is 0.526. The number of ether oxygens (including phenoxy) is 1. The Kier molecular flexibility index (Phi) is 13.0. The van der Waals surface area contributed by atoms with Crippen LogP contribution in [0.25, 0.3) is 0 Å². The third kappa shape index (κ3) is 10.5. The molecule has 16 heavy (non-hydrogen) atoms. The van der Waals surface area contributed by atoms with Crippen LogP contribution in [0, 0.1) is 0 Å². The molecule has 1 heteroatoms. The first kappa shape index (κ1) is 16.0. The van der Waals surface area contributed by atoms with Crippen LogP contribution in [0.4, 0.5) is 0 Å². The van der Waals surface area contributed by atoms with E-state index in [1.807, 2.05) is 7.11 Å². The highest BCUT2D eigenvalue weighted by Gasteiger charge is 2.06. The van der Waals surface area contributed by atoms with E-state index in [4.69, 9.17) is 4.74 Å². The molecular weight excluding hydrogens is 196 g/mol. The Morgan fingerprint density at radius 2 is 1.12 bits per heavy atom. The molecule has 0 radical (unpaired) electrons. The molecule has 0 aliphatic rings. The Balaban J connectivity index is 3.29. The zero-order chi connectivity index (χ0) is 12.1. The lowest BCUT2D eigenvalue weighted by molar-refractivity contribution is 0.0832. The second-order valence-corrected chi connectivity index (χ2v) is 4.91. The van der Waals surface area contributed by atoms with Crippen molar-refractivity contribution in [3.63, 3.8) is 0 Å². The van der Waals surface area contributed by atoms with Crippen LogP contribution < -0.4 is 0 Å². The molecule has 0 aliphatic heterocycles. The van der Waals surface area contributed by atoms with E-state index < -0.39 is 0 Å². The van der Waals surface area contributed by atoms with Crippen molar-refractivity contribution < 1.29 is 4.74 Å². The van der Waals surface area contributed by atoms with Crippen LogP contribution >= 0.6 is 0 Å². The van der Waals surface area contributed by atoms with Crippen LogP contribution in [-0.4, -0.2) is 13.2 Å². The van der Waals surface area contributed by atoms with E-state index in [0.29, 0.717) is 6.10 Å². The first-order valence-corrected chi connectivity index (χ1v) is 7.37. The Labute approximate surface area is 103 Å². The lowest BCUT2D eigenvalue weighted by Crippen LogP contribution is -2.10. The average Bonchev–Trinajstić information content (AvgIpc) is 2.31. The fourth-order valence-corrected chi connectivity index (χ4v) is 2.15. The highest BCUT2D eigenvalue weighted by molar-refractivity contribution is 4.58. The van der Waals surface area contributed by atoms with E-state index in [2.05, 4.69) is 13.8 Å². The molecule has 0 aromatic rings. The molecule has 0 aromatic carbocycles. The van der Waals surface area contributed by atoms with Crippen LogP contribution in [0.15, 0.2) is 0 Å². The quantitative estimate of drug-likeness (QED) is 0.410. The summed E-state index contributed by atoms with van der Waals surface area (Å²) in [7, 11) is 1.87. The third-order valence-electron chi connectivity index (χ3n) is 3.34. The van der Waals surface area contributed by atoms with Crippen LogP contribution in [0.3, 0.4) is 0 Å². The highest BCUT2D eigenvalue weighted by atomic mass is 16.5. The van der Waals surface area contributed by atoms with Gasteiger partial charge < -0.3 is 4.74 Å². The van der Waals surface area contributed by atoms with E-state index in [1.54, 1.807) is 0 Å². The second-order valence-electron chi connectivity index (χ2n) is 4.91. The molecule has 0 spiro atoms. The summed E-state index contributed by atoms with van der Waals surface area (Å²) in [5.74, 6) is 0. The second kappa shape index (κ2) is 13.0. The molecule has 0 aromatic heterocycles. The molecule has 0 heterocycles. The molecule has 1 nitrogen and oxygen atoms in total. The molecule has 0 N–H and O–H groups in total. The van der Waals surface area contributed by atoms with Gasteiger partial charge in [0, 0.05) is 7.11 Å². The normalized spacial score (nSPS) is 12.9. The highest BCUT2D eigenvalue weighted by Crippen LogP contribution is 2.14. The largest absolute Gasteiger partial charge is 0.381 e. The van der Waals surface area contributed by atoms with Crippen molar-refractivity contribution in [2.24, 2.45) is 0 Å². The molecule has 0 aliphatic carbocycles. The summed E-state index contributed by atoms with van der Waals surface area (Å²) >= 11 is 0. The maximum Gasteiger partial charge on any atom is 0.0571 e. The van der Waals surface area contributed by atoms with Crippen molar-refractivity contribution in [2.45, 2.75) is 90.6 Å². The van der Waals surface area contributed by atoms with Crippen molar-refractivity contribution in [3.05, 3.63) is 0 Å². The van der Waals surface area contributed by atoms with Crippen molar-refractivity contribution in [1.82, 2.24) is 0 Å². The molecule has 1 unspecified atom stereocenters. The number of unbranched alkanes of at least 4 members (excludes halogenated alkanes) is 7. The molecule has 0 fully saturated rings. The van der Waals surface area contributed by atoms with Crippen LogP contribution in [0.5, 0.6) is 0 Å². The van der Waals surface area contributed by atoms with Gasteiger partial charge in [0.2, 0.25) is 0 Å². The molecule has 0 rings (SSSR count). The zero-order valence-electron chi connectivity index (χ0n) is 11.8. The molecule has 0 saturated carbocycles. The minimum Gasteiger partial charge on any atom is -0.381 e. The van der Waals surface area contributed by atoms with Gasteiger partial charge in [-0.05, 0) is 12.8 Å². The van der Waals surface area contributed by atoms with Gasteiger partial charge in [-0.2, -0.15) is 0 Å².